The van der Waals surface area contributed by atoms with Gasteiger partial charge in [0.15, 0.2) is 0 Å². The second-order valence-corrected chi connectivity index (χ2v) is 4.88. The number of carbonyl (C=O) groups is 1. The number of amides is 1. The molecule has 1 aliphatic rings. The Morgan fingerprint density at radius 3 is 2.94 bits per heavy atom. The largest absolute Gasteiger partial charge is 0.345 e. The Labute approximate surface area is 103 Å². The first-order valence-corrected chi connectivity index (χ1v) is 6.03. The van der Waals surface area contributed by atoms with E-state index < -0.39 is 0 Å². The average Bonchev–Trinajstić information content (AvgIpc) is 3.09. The van der Waals surface area contributed by atoms with Crippen molar-refractivity contribution < 1.29 is 4.79 Å². The van der Waals surface area contributed by atoms with E-state index in [9.17, 15) is 4.79 Å². The Balaban J connectivity index is 2.18. The highest BCUT2D eigenvalue weighted by atomic mass is 79.9. The highest BCUT2D eigenvalue weighted by Crippen LogP contribution is 2.41. The molecule has 1 atom stereocenters. The minimum Gasteiger partial charge on any atom is -0.345 e. The van der Waals surface area contributed by atoms with Crippen LogP contribution in [0.25, 0.3) is 0 Å². The maximum Gasteiger partial charge on any atom is 0.243 e. The minimum absolute atomic E-state index is 0.0653. The fourth-order valence-corrected chi connectivity index (χ4v) is 2.10. The van der Waals surface area contributed by atoms with E-state index in [1.54, 1.807) is 12.4 Å². The summed E-state index contributed by atoms with van der Waals surface area (Å²) in [4.78, 5) is 15.5. The van der Waals surface area contributed by atoms with Gasteiger partial charge >= 0.3 is 0 Å². The van der Waals surface area contributed by atoms with E-state index >= 15 is 0 Å². The number of halogens is 1. The second-order valence-electron chi connectivity index (χ2n) is 3.96. The number of hydrogen-bond donors (Lipinski definition) is 1. The molecule has 1 aromatic rings. The van der Waals surface area contributed by atoms with Crippen molar-refractivity contribution in [3.05, 3.63) is 41.2 Å². The van der Waals surface area contributed by atoms with E-state index in [4.69, 9.17) is 0 Å². The molecule has 0 spiro atoms. The number of rotatable bonds is 4. The molecule has 1 heterocycles. The third-order valence-corrected chi connectivity index (χ3v) is 3.10. The third-order valence-electron chi connectivity index (χ3n) is 2.66. The van der Waals surface area contributed by atoms with Gasteiger partial charge < -0.3 is 5.32 Å². The van der Waals surface area contributed by atoms with Crippen LogP contribution in [-0.2, 0) is 4.79 Å². The molecule has 1 aliphatic carbocycles. The lowest BCUT2D eigenvalue weighted by Gasteiger charge is -2.17. The predicted molar refractivity (Wildman–Crippen MR) is 65.7 cm³/mol. The topological polar surface area (TPSA) is 42.0 Å². The maximum absolute atomic E-state index is 11.4. The van der Waals surface area contributed by atoms with Crippen molar-refractivity contribution in [2.24, 2.45) is 5.92 Å². The zero-order valence-corrected chi connectivity index (χ0v) is 10.4. The van der Waals surface area contributed by atoms with Gasteiger partial charge in [-0.1, -0.05) is 6.58 Å². The Kier molecular flexibility index (Phi) is 3.39. The normalized spacial score (nSPS) is 16.6. The Morgan fingerprint density at radius 2 is 2.38 bits per heavy atom. The summed E-state index contributed by atoms with van der Waals surface area (Å²) in [5.74, 6) is 0.414. The van der Waals surface area contributed by atoms with Gasteiger partial charge in [0.25, 0.3) is 0 Å². The van der Waals surface area contributed by atoms with Gasteiger partial charge in [-0.3, -0.25) is 9.78 Å². The molecule has 3 nitrogen and oxygen atoms in total. The smallest absolute Gasteiger partial charge is 0.243 e. The molecule has 0 saturated heterocycles. The summed E-state index contributed by atoms with van der Waals surface area (Å²) in [6.45, 7) is 3.47. The van der Waals surface area contributed by atoms with Crippen molar-refractivity contribution in [1.29, 1.82) is 0 Å². The summed E-state index contributed by atoms with van der Waals surface area (Å²) in [7, 11) is 0. The van der Waals surface area contributed by atoms with Crippen LogP contribution in [0.4, 0.5) is 0 Å². The summed E-state index contributed by atoms with van der Waals surface area (Å²) in [5, 5.41) is 2.95. The lowest BCUT2D eigenvalue weighted by molar-refractivity contribution is -0.117. The van der Waals surface area contributed by atoms with Crippen molar-refractivity contribution in [3.8, 4) is 0 Å². The highest BCUT2D eigenvalue weighted by Gasteiger charge is 2.33. The molecule has 0 bridgehead atoms. The molecule has 0 aliphatic heterocycles. The van der Waals surface area contributed by atoms with Crippen LogP contribution in [-0.4, -0.2) is 10.9 Å². The molecule has 1 aromatic heterocycles. The molecule has 1 N–H and O–H groups in total. The van der Waals surface area contributed by atoms with E-state index in [1.807, 2.05) is 6.07 Å². The van der Waals surface area contributed by atoms with Crippen molar-refractivity contribution in [2.45, 2.75) is 18.9 Å². The fraction of sp³-hybridized carbons (Fsp3) is 0.333. The molecule has 1 amide bonds. The van der Waals surface area contributed by atoms with Crippen molar-refractivity contribution >= 4 is 21.8 Å². The Hall–Kier alpha value is -1.16. The van der Waals surface area contributed by atoms with Crippen LogP contribution in [0.15, 0.2) is 35.6 Å². The number of nitrogens with zero attached hydrogens (tertiary/aromatic N) is 1. The lowest BCUT2D eigenvalue weighted by atomic mass is 10.0. The molecular formula is C12H13BrN2O. The molecule has 2 rings (SSSR count). The fourth-order valence-electron chi connectivity index (χ4n) is 1.71. The van der Waals surface area contributed by atoms with Crippen LogP contribution < -0.4 is 5.32 Å². The number of pyridine rings is 1. The maximum atomic E-state index is 11.4. The highest BCUT2D eigenvalue weighted by molar-refractivity contribution is 9.10. The van der Waals surface area contributed by atoms with E-state index in [0.29, 0.717) is 5.92 Å². The van der Waals surface area contributed by atoms with Crippen LogP contribution in [0.1, 0.15) is 24.4 Å². The molecule has 0 aromatic carbocycles. The predicted octanol–water partition coefficient (Wildman–Crippen LogP) is 2.60. The standard InChI is InChI=1S/C12H13BrN2O/c1-2-11(16)15-12(8-3-4-8)9-5-10(13)7-14-6-9/h2,5-8,12H,1,3-4H2,(H,15,16). The third kappa shape index (κ3) is 2.70. The Morgan fingerprint density at radius 1 is 1.62 bits per heavy atom. The average molecular weight is 281 g/mol. The van der Waals surface area contributed by atoms with E-state index in [1.165, 1.54) is 6.08 Å². The SMILES string of the molecule is C=CC(=O)NC(c1cncc(Br)c1)C1CC1. The first kappa shape index (κ1) is 11.3. The first-order valence-electron chi connectivity index (χ1n) is 5.24. The van der Waals surface area contributed by atoms with Crippen molar-refractivity contribution in [1.82, 2.24) is 10.3 Å². The number of carbonyl (C=O) groups excluding carboxylic acids is 1. The second kappa shape index (κ2) is 4.78. The van der Waals surface area contributed by atoms with Gasteiger partial charge in [0.1, 0.15) is 0 Å². The van der Waals surface area contributed by atoms with Gasteiger partial charge in [-0.2, -0.15) is 0 Å². The van der Waals surface area contributed by atoms with E-state index in [-0.39, 0.29) is 11.9 Å². The molecule has 4 heteroatoms. The van der Waals surface area contributed by atoms with Crippen molar-refractivity contribution in [2.75, 3.05) is 0 Å². The summed E-state index contributed by atoms with van der Waals surface area (Å²) in [6, 6.07) is 2.06. The van der Waals surface area contributed by atoms with E-state index in [0.717, 1.165) is 22.9 Å². The monoisotopic (exact) mass is 280 g/mol. The zero-order valence-electron chi connectivity index (χ0n) is 8.82. The van der Waals surface area contributed by atoms with Gasteiger partial charge in [-0.25, -0.2) is 0 Å². The molecule has 1 fully saturated rings. The molecule has 84 valence electrons. The number of hydrogen-bond acceptors (Lipinski definition) is 2. The van der Waals surface area contributed by atoms with Crippen LogP contribution in [0.5, 0.6) is 0 Å². The van der Waals surface area contributed by atoms with E-state index in [2.05, 4.69) is 32.8 Å². The summed E-state index contributed by atoms with van der Waals surface area (Å²) in [5.41, 5.74) is 1.05. The number of aromatic nitrogens is 1. The quantitative estimate of drug-likeness (QED) is 0.862. The van der Waals surface area contributed by atoms with Gasteiger partial charge in [-0.15, -0.1) is 0 Å². The molecule has 1 saturated carbocycles. The van der Waals surface area contributed by atoms with Crippen LogP contribution in [0, 0.1) is 5.92 Å². The lowest BCUT2D eigenvalue weighted by Crippen LogP contribution is -2.28. The molecule has 0 radical (unpaired) electrons. The summed E-state index contributed by atoms with van der Waals surface area (Å²) >= 11 is 3.39. The van der Waals surface area contributed by atoms with Crippen LogP contribution in [0.3, 0.4) is 0 Å². The molecule has 1 unspecified atom stereocenters. The molecular weight excluding hydrogens is 268 g/mol. The van der Waals surface area contributed by atoms with Crippen LogP contribution >= 0.6 is 15.9 Å². The van der Waals surface area contributed by atoms with Crippen LogP contribution in [0.2, 0.25) is 0 Å². The van der Waals surface area contributed by atoms with Gasteiger partial charge in [-0.05, 0) is 52.4 Å². The van der Waals surface area contributed by atoms with Gasteiger partial charge in [0.05, 0.1) is 6.04 Å². The molecule has 16 heavy (non-hydrogen) atoms. The first-order chi connectivity index (χ1) is 7.70. The number of nitrogens with one attached hydrogen (secondary N) is 1. The van der Waals surface area contributed by atoms with Gasteiger partial charge in [0, 0.05) is 16.9 Å². The zero-order chi connectivity index (χ0) is 11.5. The summed E-state index contributed by atoms with van der Waals surface area (Å²) < 4.78 is 0.934. The minimum atomic E-state index is -0.128. The summed E-state index contributed by atoms with van der Waals surface area (Å²) in [6.07, 6.45) is 7.17. The van der Waals surface area contributed by atoms with Crippen molar-refractivity contribution in [3.63, 3.8) is 0 Å². The van der Waals surface area contributed by atoms with Gasteiger partial charge in [0.2, 0.25) is 5.91 Å². The Bertz CT molecular complexity index is 415.